The Hall–Kier alpha value is -1.34. The lowest BCUT2D eigenvalue weighted by Gasteiger charge is -2.05. The van der Waals surface area contributed by atoms with Crippen LogP contribution in [-0.4, -0.2) is 0 Å². The van der Waals surface area contributed by atoms with E-state index in [2.05, 4.69) is 92.2 Å². The number of rotatable bonds is 2. The largest absolute Gasteiger partial charge is 0.0917 e. The second kappa shape index (κ2) is 20.7. The molecule has 25 heavy (non-hydrogen) atoms. The van der Waals surface area contributed by atoms with Gasteiger partial charge >= 0.3 is 0 Å². The number of hydrogen-bond donors (Lipinski definition) is 0. The molecule has 2 rings (SSSR count). The van der Waals surface area contributed by atoms with E-state index in [1.165, 1.54) is 28.5 Å². The van der Waals surface area contributed by atoms with Gasteiger partial charge in [-0.05, 0) is 50.1 Å². The van der Waals surface area contributed by atoms with Crippen LogP contribution in [0, 0.1) is 6.92 Å². The number of halogens is 1. The summed E-state index contributed by atoms with van der Waals surface area (Å²) < 4.78 is 1.31. The number of allylic oxidation sites excluding steroid dienone is 8. The van der Waals surface area contributed by atoms with Crippen molar-refractivity contribution in [2.45, 2.75) is 67.2 Å². The molecule has 0 bridgehead atoms. The third-order valence-corrected chi connectivity index (χ3v) is 3.58. The lowest BCUT2D eigenvalue weighted by Crippen LogP contribution is -1.85. The number of aryl methyl sites for hydroxylation is 1. The molecule has 0 unspecified atom stereocenters. The molecule has 1 aliphatic carbocycles. The first kappa shape index (κ1) is 25.9. The summed E-state index contributed by atoms with van der Waals surface area (Å²) in [6, 6.07) is 10.3. The van der Waals surface area contributed by atoms with Gasteiger partial charge in [0.05, 0.1) is 0 Å². The van der Waals surface area contributed by atoms with E-state index in [0.29, 0.717) is 0 Å². The number of benzene rings is 1. The first-order chi connectivity index (χ1) is 12.0. The van der Waals surface area contributed by atoms with Crippen molar-refractivity contribution in [2.24, 2.45) is 0 Å². The molecule has 0 spiro atoms. The van der Waals surface area contributed by atoms with Gasteiger partial charge in [0.25, 0.3) is 0 Å². The molecule has 0 amide bonds. The van der Waals surface area contributed by atoms with Crippen LogP contribution in [-0.2, 0) is 0 Å². The Morgan fingerprint density at radius 2 is 1.52 bits per heavy atom. The van der Waals surface area contributed by atoms with Crippen LogP contribution >= 0.6 is 15.9 Å². The topological polar surface area (TPSA) is 0 Å². The summed E-state index contributed by atoms with van der Waals surface area (Å²) in [5.74, 6) is 0. The molecule has 0 fully saturated rings. The molecule has 0 saturated carbocycles. The lowest BCUT2D eigenvalue weighted by atomic mass is 10.1. The van der Waals surface area contributed by atoms with Crippen LogP contribution in [0.1, 0.15) is 65.9 Å². The molecule has 0 aliphatic heterocycles. The van der Waals surface area contributed by atoms with E-state index in [4.69, 9.17) is 0 Å². The zero-order valence-electron chi connectivity index (χ0n) is 17.1. The van der Waals surface area contributed by atoms with Gasteiger partial charge in [0, 0.05) is 0 Å². The lowest BCUT2D eigenvalue weighted by molar-refractivity contribution is 0.980. The Morgan fingerprint density at radius 1 is 0.920 bits per heavy atom. The van der Waals surface area contributed by atoms with Crippen molar-refractivity contribution in [3.8, 4) is 0 Å². The van der Waals surface area contributed by atoms with Crippen molar-refractivity contribution >= 4 is 15.9 Å². The molecule has 0 nitrogen and oxygen atoms in total. The van der Waals surface area contributed by atoms with Crippen molar-refractivity contribution in [3.05, 3.63) is 82.4 Å². The quantitative estimate of drug-likeness (QED) is 0.431. The summed E-state index contributed by atoms with van der Waals surface area (Å²) in [5.41, 5.74) is 2.74. The fourth-order valence-electron chi connectivity index (χ4n) is 1.75. The zero-order valence-corrected chi connectivity index (χ0v) is 18.6. The molecule has 0 atom stereocenters. The van der Waals surface area contributed by atoms with Crippen LogP contribution in [0.25, 0.3) is 0 Å². The van der Waals surface area contributed by atoms with Crippen molar-refractivity contribution in [1.29, 1.82) is 0 Å². The average molecular weight is 405 g/mol. The van der Waals surface area contributed by atoms with Gasteiger partial charge in [-0.25, -0.2) is 0 Å². The van der Waals surface area contributed by atoms with Gasteiger partial charge in [-0.2, -0.15) is 0 Å². The fourth-order valence-corrected chi connectivity index (χ4v) is 2.08. The predicted molar refractivity (Wildman–Crippen MR) is 121 cm³/mol. The van der Waals surface area contributed by atoms with E-state index in [9.17, 15) is 0 Å². The highest BCUT2D eigenvalue weighted by atomic mass is 79.9. The summed E-state index contributed by atoms with van der Waals surface area (Å²) in [4.78, 5) is 0. The van der Waals surface area contributed by atoms with Crippen LogP contribution in [0.3, 0.4) is 0 Å². The van der Waals surface area contributed by atoms with Crippen LogP contribution in [0.5, 0.6) is 0 Å². The van der Waals surface area contributed by atoms with E-state index in [-0.39, 0.29) is 0 Å². The smallest absolute Gasteiger partial charge is 0.00460 e. The van der Waals surface area contributed by atoms with Crippen LogP contribution in [0.2, 0.25) is 0 Å². The molecule has 1 aromatic rings. The van der Waals surface area contributed by atoms with Crippen molar-refractivity contribution in [2.75, 3.05) is 0 Å². The van der Waals surface area contributed by atoms with Crippen molar-refractivity contribution in [3.63, 3.8) is 0 Å². The zero-order chi connectivity index (χ0) is 19.3. The monoisotopic (exact) mass is 404 g/mol. The number of hydrogen-bond acceptors (Lipinski definition) is 0. The SMILES string of the molecule is C/C=C/CC.C/C=C\C1=CC=C(Br)CC1.CCC.Cc1ccccc1. The molecule has 1 heteroatoms. The molecule has 0 heterocycles. The molecule has 1 aromatic carbocycles. The maximum Gasteiger partial charge on any atom is -0.00460 e. The molecule has 0 N–H and O–H groups in total. The molecule has 0 saturated heterocycles. The predicted octanol–water partition coefficient (Wildman–Crippen LogP) is 8.95. The first-order valence-electron chi connectivity index (χ1n) is 9.36. The third kappa shape index (κ3) is 20.6. The minimum absolute atomic E-state index is 1.15. The minimum Gasteiger partial charge on any atom is -0.0917 e. The highest BCUT2D eigenvalue weighted by Gasteiger charge is 1.99. The van der Waals surface area contributed by atoms with Gasteiger partial charge in [-0.1, -0.05) is 115 Å². The Kier molecular flexibility index (Phi) is 21.4. The van der Waals surface area contributed by atoms with Crippen LogP contribution in [0.15, 0.2) is 76.8 Å². The Bertz CT molecular complexity index is 504. The summed E-state index contributed by atoms with van der Waals surface area (Å²) >= 11 is 3.46. The summed E-state index contributed by atoms with van der Waals surface area (Å²) in [6.07, 6.45) is 17.4. The van der Waals surface area contributed by atoms with Gasteiger partial charge in [0.15, 0.2) is 0 Å². The second-order valence-corrected chi connectivity index (χ2v) is 6.71. The summed E-state index contributed by atoms with van der Waals surface area (Å²) in [5, 5.41) is 0. The van der Waals surface area contributed by atoms with Crippen LogP contribution in [0.4, 0.5) is 0 Å². The van der Waals surface area contributed by atoms with Crippen molar-refractivity contribution in [1.82, 2.24) is 0 Å². The van der Waals surface area contributed by atoms with E-state index >= 15 is 0 Å². The molecular weight excluding hydrogens is 368 g/mol. The fraction of sp³-hybridized carbons (Fsp3) is 0.417. The van der Waals surface area contributed by atoms with Gasteiger partial charge in [0.2, 0.25) is 0 Å². The highest BCUT2D eigenvalue weighted by molar-refractivity contribution is 9.11. The Morgan fingerprint density at radius 3 is 1.80 bits per heavy atom. The van der Waals surface area contributed by atoms with E-state index < -0.39 is 0 Å². The highest BCUT2D eigenvalue weighted by Crippen LogP contribution is 2.22. The van der Waals surface area contributed by atoms with Gasteiger partial charge in [-0.3, -0.25) is 0 Å². The summed E-state index contributed by atoms with van der Waals surface area (Å²) in [7, 11) is 0. The third-order valence-electron chi connectivity index (χ3n) is 2.92. The van der Waals surface area contributed by atoms with Gasteiger partial charge < -0.3 is 0 Å². The maximum atomic E-state index is 3.46. The van der Waals surface area contributed by atoms with Gasteiger partial charge in [-0.15, -0.1) is 0 Å². The van der Waals surface area contributed by atoms with E-state index in [1.807, 2.05) is 32.0 Å². The minimum atomic E-state index is 1.15. The molecule has 0 aromatic heterocycles. The van der Waals surface area contributed by atoms with Crippen molar-refractivity contribution < 1.29 is 0 Å². The molecule has 140 valence electrons. The van der Waals surface area contributed by atoms with E-state index in [0.717, 1.165) is 12.8 Å². The Labute approximate surface area is 165 Å². The average Bonchev–Trinajstić information content (AvgIpc) is 2.60. The molecular formula is C24H37Br. The second-order valence-electron chi connectivity index (χ2n) is 5.69. The Balaban J connectivity index is 0. The first-order valence-corrected chi connectivity index (χ1v) is 10.2. The molecule has 0 radical (unpaired) electrons. The van der Waals surface area contributed by atoms with Gasteiger partial charge in [0.1, 0.15) is 0 Å². The standard InChI is InChI=1S/C9H11Br.C7H8.C5H10.C3H8/c1-2-3-8-4-6-9(10)7-5-8;1-7-5-3-2-4-6-7;1-3-5-4-2;1-3-2/h2-4,6H,5,7H2,1H3;2-6H,1H3;3,5H,4H2,1-2H3;3H2,1-2H3/b3-2-;;5-3+;. The van der Waals surface area contributed by atoms with E-state index in [1.54, 1.807) is 0 Å². The maximum absolute atomic E-state index is 3.46. The summed E-state index contributed by atoms with van der Waals surface area (Å²) in [6.45, 7) is 12.5. The molecule has 1 aliphatic rings. The van der Waals surface area contributed by atoms with Crippen LogP contribution < -0.4 is 0 Å². The normalized spacial score (nSPS) is 12.8.